The summed E-state index contributed by atoms with van der Waals surface area (Å²) in [7, 11) is 0. The van der Waals surface area contributed by atoms with Crippen molar-refractivity contribution < 1.29 is 24.2 Å². The Balaban J connectivity index is 2.11. The van der Waals surface area contributed by atoms with Crippen molar-refractivity contribution in [2.24, 2.45) is 0 Å². The van der Waals surface area contributed by atoms with E-state index in [0.29, 0.717) is 5.56 Å². The molecule has 0 aromatic heterocycles. The lowest BCUT2D eigenvalue weighted by atomic mass is 9.82. The molecule has 3 rings (SSSR count). The van der Waals surface area contributed by atoms with Crippen molar-refractivity contribution in [3.8, 4) is 0 Å². The van der Waals surface area contributed by atoms with E-state index in [-0.39, 0.29) is 29.1 Å². The fraction of sp³-hybridized carbons (Fsp3) is 0.312. The number of carbonyl (C=O) groups excluding carboxylic acids is 3. The minimum atomic E-state index is -1.54. The van der Waals surface area contributed by atoms with Crippen LogP contribution in [0.2, 0.25) is 0 Å². The van der Waals surface area contributed by atoms with Gasteiger partial charge in [-0.2, -0.15) is 0 Å². The molecule has 0 bridgehead atoms. The molecule has 1 heterocycles. The number of rotatable bonds is 2. The number of fused-ring (bicyclic) bond motifs is 1. The number of hydrogen-bond acceptors (Lipinski definition) is 5. The Labute approximate surface area is 121 Å². The molecule has 0 fully saturated rings. The van der Waals surface area contributed by atoms with Gasteiger partial charge < -0.3 is 9.84 Å². The zero-order valence-corrected chi connectivity index (χ0v) is 11.7. The van der Waals surface area contributed by atoms with Crippen LogP contribution in [0.1, 0.15) is 41.0 Å². The minimum Gasteiger partial charge on any atom is -0.472 e. The fourth-order valence-electron chi connectivity index (χ4n) is 2.88. The van der Waals surface area contributed by atoms with Gasteiger partial charge in [0.15, 0.2) is 22.9 Å². The maximum absolute atomic E-state index is 12.5. The van der Waals surface area contributed by atoms with E-state index in [1.807, 2.05) is 0 Å². The summed E-state index contributed by atoms with van der Waals surface area (Å²) >= 11 is 0. The van der Waals surface area contributed by atoms with Crippen LogP contribution in [-0.2, 0) is 9.53 Å². The van der Waals surface area contributed by atoms with Gasteiger partial charge in [-0.15, -0.1) is 0 Å². The molecule has 1 N–H and O–H groups in total. The highest BCUT2D eigenvalue weighted by Crippen LogP contribution is 2.42. The number of aliphatic hydroxyl groups is 1. The van der Waals surface area contributed by atoms with E-state index in [4.69, 9.17) is 4.74 Å². The molecule has 1 aromatic rings. The van der Waals surface area contributed by atoms with Crippen LogP contribution in [0.5, 0.6) is 0 Å². The van der Waals surface area contributed by atoms with Crippen LogP contribution in [0.15, 0.2) is 35.6 Å². The van der Waals surface area contributed by atoms with Crippen LogP contribution in [0.3, 0.4) is 0 Å². The minimum absolute atomic E-state index is 0.0752. The van der Waals surface area contributed by atoms with Gasteiger partial charge in [-0.1, -0.05) is 24.3 Å². The summed E-state index contributed by atoms with van der Waals surface area (Å²) in [5.41, 5.74) is -0.784. The second-order valence-electron chi connectivity index (χ2n) is 5.41. The topological polar surface area (TPSA) is 80.7 Å². The zero-order chi connectivity index (χ0) is 15.4. The van der Waals surface area contributed by atoms with E-state index in [1.54, 1.807) is 24.3 Å². The lowest BCUT2D eigenvalue weighted by molar-refractivity contribution is -0.146. The molecule has 2 unspecified atom stereocenters. The average Bonchev–Trinajstić information content (AvgIpc) is 2.87. The third-order valence-corrected chi connectivity index (χ3v) is 4.17. The monoisotopic (exact) mass is 286 g/mol. The quantitative estimate of drug-likeness (QED) is 0.890. The van der Waals surface area contributed by atoms with Gasteiger partial charge in [0.05, 0.1) is 11.7 Å². The van der Waals surface area contributed by atoms with Crippen LogP contribution in [0.25, 0.3) is 0 Å². The molecule has 0 saturated carbocycles. The summed E-state index contributed by atoms with van der Waals surface area (Å²) in [6.45, 7) is 2.70. The molecule has 2 atom stereocenters. The standard InChI is InChI=1S/C16H14O5/c1-8(17)16(9(2)18)7-12-13(19)10-5-3-4-6-11(10)14(20)15(12)21-16/h3-6,8,17H,7H2,1-2H3. The number of aliphatic hydroxyl groups excluding tert-OH is 1. The van der Waals surface area contributed by atoms with Gasteiger partial charge in [0.2, 0.25) is 5.78 Å². The fourth-order valence-corrected chi connectivity index (χ4v) is 2.88. The smallest absolute Gasteiger partial charge is 0.228 e. The second kappa shape index (κ2) is 4.36. The van der Waals surface area contributed by atoms with E-state index in [9.17, 15) is 19.5 Å². The van der Waals surface area contributed by atoms with Gasteiger partial charge in [-0.25, -0.2) is 0 Å². The molecule has 1 aliphatic carbocycles. The number of hydrogen-bond donors (Lipinski definition) is 1. The molecule has 1 aliphatic heterocycles. The summed E-state index contributed by atoms with van der Waals surface area (Å²) in [6.07, 6.45) is -1.20. The molecule has 1 aromatic carbocycles. The van der Waals surface area contributed by atoms with E-state index < -0.39 is 23.3 Å². The average molecular weight is 286 g/mol. The van der Waals surface area contributed by atoms with Gasteiger partial charge in [-0.05, 0) is 13.8 Å². The number of carbonyl (C=O) groups is 3. The van der Waals surface area contributed by atoms with Gasteiger partial charge in [0, 0.05) is 17.5 Å². The van der Waals surface area contributed by atoms with Gasteiger partial charge in [0.25, 0.3) is 0 Å². The zero-order valence-electron chi connectivity index (χ0n) is 11.7. The lowest BCUT2D eigenvalue weighted by Gasteiger charge is -2.29. The normalized spacial score (nSPS) is 25.3. The Morgan fingerprint density at radius 2 is 1.81 bits per heavy atom. The SMILES string of the molecule is CC(=O)C1(C(C)O)CC2=C(O1)C(=O)c1ccccc1C2=O. The number of Topliss-reactive ketones (excluding diaryl/α,β-unsaturated/α-hetero) is 3. The van der Waals surface area contributed by atoms with Crippen molar-refractivity contribution in [2.75, 3.05) is 0 Å². The molecule has 21 heavy (non-hydrogen) atoms. The number of allylic oxidation sites excluding steroid dienone is 1. The van der Waals surface area contributed by atoms with Gasteiger partial charge in [0.1, 0.15) is 0 Å². The number of benzene rings is 1. The first-order valence-corrected chi connectivity index (χ1v) is 6.68. The number of ketones is 3. The second-order valence-corrected chi connectivity index (χ2v) is 5.41. The van der Waals surface area contributed by atoms with Gasteiger partial charge in [-0.3, -0.25) is 14.4 Å². The Bertz CT molecular complexity index is 664. The van der Waals surface area contributed by atoms with Crippen LogP contribution < -0.4 is 0 Å². The highest BCUT2D eigenvalue weighted by molar-refractivity contribution is 6.27. The first-order chi connectivity index (χ1) is 9.88. The van der Waals surface area contributed by atoms with Crippen LogP contribution in [0, 0.1) is 0 Å². The molecule has 5 heteroatoms. The molecule has 108 valence electrons. The molecule has 5 nitrogen and oxygen atoms in total. The third kappa shape index (κ3) is 1.70. The largest absolute Gasteiger partial charge is 0.472 e. The molecular weight excluding hydrogens is 272 g/mol. The molecule has 2 aliphatic rings. The summed E-state index contributed by atoms with van der Waals surface area (Å²) in [4.78, 5) is 36.8. The summed E-state index contributed by atoms with van der Waals surface area (Å²) in [5.74, 6) is -1.24. The van der Waals surface area contributed by atoms with E-state index in [1.165, 1.54) is 13.8 Å². The Morgan fingerprint density at radius 3 is 2.33 bits per heavy atom. The highest BCUT2D eigenvalue weighted by atomic mass is 16.5. The maximum Gasteiger partial charge on any atom is 0.228 e. The molecular formula is C16H14O5. The Morgan fingerprint density at radius 1 is 1.24 bits per heavy atom. The molecule has 0 radical (unpaired) electrons. The van der Waals surface area contributed by atoms with Gasteiger partial charge >= 0.3 is 0 Å². The lowest BCUT2D eigenvalue weighted by Crippen LogP contribution is -2.47. The predicted molar refractivity (Wildman–Crippen MR) is 72.9 cm³/mol. The third-order valence-electron chi connectivity index (χ3n) is 4.17. The van der Waals surface area contributed by atoms with Crippen molar-refractivity contribution in [3.63, 3.8) is 0 Å². The van der Waals surface area contributed by atoms with Crippen molar-refractivity contribution >= 4 is 17.3 Å². The Kier molecular flexibility index (Phi) is 2.85. The summed E-state index contributed by atoms with van der Waals surface area (Å²) in [6, 6.07) is 6.48. The van der Waals surface area contributed by atoms with Crippen LogP contribution >= 0.6 is 0 Å². The predicted octanol–water partition coefficient (Wildman–Crippen LogP) is 1.45. The summed E-state index contributed by atoms with van der Waals surface area (Å²) in [5, 5.41) is 9.91. The molecule has 0 saturated heterocycles. The highest BCUT2D eigenvalue weighted by Gasteiger charge is 2.53. The van der Waals surface area contributed by atoms with Crippen LogP contribution in [0.4, 0.5) is 0 Å². The Hall–Kier alpha value is -2.27. The van der Waals surface area contributed by atoms with Crippen LogP contribution in [-0.4, -0.2) is 34.2 Å². The van der Waals surface area contributed by atoms with Crippen molar-refractivity contribution in [3.05, 3.63) is 46.7 Å². The van der Waals surface area contributed by atoms with Crippen molar-refractivity contribution in [1.29, 1.82) is 0 Å². The van der Waals surface area contributed by atoms with E-state index in [2.05, 4.69) is 0 Å². The first kappa shape index (κ1) is 13.7. The molecule has 0 spiro atoms. The van der Waals surface area contributed by atoms with E-state index >= 15 is 0 Å². The number of ether oxygens (including phenoxy) is 1. The van der Waals surface area contributed by atoms with Crippen molar-refractivity contribution in [1.82, 2.24) is 0 Å². The summed E-state index contributed by atoms with van der Waals surface area (Å²) < 4.78 is 5.53. The maximum atomic E-state index is 12.5. The van der Waals surface area contributed by atoms with E-state index in [0.717, 1.165) is 0 Å². The van der Waals surface area contributed by atoms with Crippen molar-refractivity contribution in [2.45, 2.75) is 32.0 Å². The molecule has 0 amide bonds. The first-order valence-electron chi connectivity index (χ1n) is 6.68.